The Balaban J connectivity index is 0.00000242. The zero-order valence-electron chi connectivity index (χ0n) is 13.0. The molecule has 4 N–H and O–H groups in total. The number of guanidine groups is 1. The molecule has 0 unspecified atom stereocenters. The van der Waals surface area contributed by atoms with Crippen LogP contribution in [0.25, 0.3) is 0 Å². The predicted octanol–water partition coefficient (Wildman–Crippen LogP) is 2.79. The number of amides is 1. The lowest BCUT2D eigenvalue weighted by molar-refractivity contribution is -0.120. The van der Waals surface area contributed by atoms with Gasteiger partial charge < -0.3 is 16.4 Å². The minimum Gasteiger partial charge on any atom is -0.370 e. The molecule has 0 bridgehead atoms. The zero-order chi connectivity index (χ0) is 15.1. The molecule has 1 aliphatic carbocycles. The van der Waals surface area contributed by atoms with E-state index in [1.165, 1.54) is 19.3 Å². The van der Waals surface area contributed by atoms with E-state index in [-0.39, 0.29) is 42.4 Å². The monoisotopic (exact) mass is 416 g/mol. The number of nitrogens with one attached hydrogen (secondary N) is 2. The fourth-order valence-corrected chi connectivity index (χ4v) is 2.59. The first-order valence-corrected chi connectivity index (χ1v) is 7.56. The predicted molar refractivity (Wildman–Crippen MR) is 102 cm³/mol. The van der Waals surface area contributed by atoms with Gasteiger partial charge in [-0.3, -0.25) is 4.79 Å². The SMILES string of the molecule is Cc1cccc(NC(N)=NCC(=O)NC2CCCCC2)c1.I. The van der Waals surface area contributed by atoms with Crippen molar-refractivity contribution in [3.05, 3.63) is 29.8 Å². The maximum Gasteiger partial charge on any atom is 0.242 e. The Kier molecular flexibility index (Phi) is 8.22. The van der Waals surface area contributed by atoms with Gasteiger partial charge in [0.15, 0.2) is 5.96 Å². The Bertz CT molecular complexity index is 513. The van der Waals surface area contributed by atoms with Crippen molar-refractivity contribution < 1.29 is 4.79 Å². The molecular formula is C16H25IN4O. The molecule has 1 saturated carbocycles. The quantitative estimate of drug-likeness (QED) is 0.401. The number of nitrogens with two attached hydrogens (primary N) is 1. The number of benzene rings is 1. The number of aryl methyl sites for hydroxylation is 1. The molecule has 1 aromatic rings. The van der Waals surface area contributed by atoms with Gasteiger partial charge in [-0.05, 0) is 37.5 Å². The molecule has 1 aromatic carbocycles. The fourth-order valence-electron chi connectivity index (χ4n) is 2.59. The van der Waals surface area contributed by atoms with Crippen LogP contribution in [0, 0.1) is 6.92 Å². The van der Waals surface area contributed by atoms with E-state index >= 15 is 0 Å². The smallest absolute Gasteiger partial charge is 0.242 e. The lowest BCUT2D eigenvalue weighted by atomic mass is 9.95. The molecule has 6 heteroatoms. The van der Waals surface area contributed by atoms with Gasteiger partial charge in [0.25, 0.3) is 0 Å². The van der Waals surface area contributed by atoms with Crippen molar-refractivity contribution in [2.45, 2.75) is 45.1 Å². The van der Waals surface area contributed by atoms with Crippen molar-refractivity contribution in [3.8, 4) is 0 Å². The van der Waals surface area contributed by atoms with Crippen molar-refractivity contribution in [2.24, 2.45) is 10.7 Å². The summed E-state index contributed by atoms with van der Waals surface area (Å²) in [5.41, 5.74) is 7.82. The second kappa shape index (κ2) is 9.66. The van der Waals surface area contributed by atoms with Crippen LogP contribution in [0.5, 0.6) is 0 Å². The van der Waals surface area contributed by atoms with E-state index in [2.05, 4.69) is 15.6 Å². The Labute approximate surface area is 149 Å². The van der Waals surface area contributed by atoms with Crippen LogP contribution in [0.2, 0.25) is 0 Å². The summed E-state index contributed by atoms with van der Waals surface area (Å²) in [4.78, 5) is 15.9. The summed E-state index contributed by atoms with van der Waals surface area (Å²) in [5, 5.41) is 6.01. The highest BCUT2D eigenvalue weighted by molar-refractivity contribution is 14.0. The molecule has 22 heavy (non-hydrogen) atoms. The summed E-state index contributed by atoms with van der Waals surface area (Å²) >= 11 is 0. The maximum absolute atomic E-state index is 11.8. The number of halogens is 1. The molecule has 122 valence electrons. The van der Waals surface area contributed by atoms with E-state index in [1.807, 2.05) is 31.2 Å². The normalized spacial score (nSPS) is 15.8. The molecule has 1 amide bonds. The minimum absolute atomic E-state index is 0. The molecule has 1 fully saturated rings. The number of carbonyl (C=O) groups excluding carboxylic acids is 1. The van der Waals surface area contributed by atoms with Crippen LogP contribution >= 0.6 is 24.0 Å². The highest BCUT2D eigenvalue weighted by Crippen LogP contribution is 2.17. The highest BCUT2D eigenvalue weighted by atomic mass is 127. The standard InChI is InChI=1S/C16H24N4O.HI/c1-12-6-5-9-14(10-12)20-16(17)18-11-15(21)19-13-7-3-2-4-8-13;/h5-6,9-10,13H,2-4,7-8,11H2,1H3,(H,19,21)(H3,17,18,20);1H. The molecular weight excluding hydrogens is 391 g/mol. The van der Waals surface area contributed by atoms with Gasteiger partial charge in [-0.2, -0.15) is 0 Å². The number of hydrogen-bond donors (Lipinski definition) is 3. The summed E-state index contributed by atoms with van der Waals surface area (Å²) < 4.78 is 0. The van der Waals surface area contributed by atoms with Gasteiger partial charge in [0.2, 0.25) is 5.91 Å². The van der Waals surface area contributed by atoms with Crippen molar-refractivity contribution in [1.29, 1.82) is 0 Å². The van der Waals surface area contributed by atoms with Crippen molar-refractivity contribution in [3.63, 3.8) is 0 Å². The molecule has 2 rings (SSSR count). The second-order valence-corrected chi connectivity index (χ2v) is 5.60. The Morgan fingerprint density at radius 1 is 1.32 bits per heavy atom. The first-order valence-electron chi connectivity index (χ1n) is 7.56. The van der Waals surface area contributed by atoms with Crippen LogP contribution < -0.4 is 16.4 Å². The summed E-state index contributed by atoms with van der Waals surface area (Å²) in [6.07, 6.45) is 5.83. The maximum atomic E-state index is 11.8. The summed E-state index contributed by atoms with van der Waals surface area (Å²) in [5.74, 6) is 0.204. The molecule has 0 saturated heterocycles. The molecule has 0 atom stereocenters. The van der Waals surface area contributed by atoms with Crippen LogP contribution in [-0.4, -0.2) is 24.5 Å². The summed E-state index contributed by atoms with van der Waals surface area (Å²) in [6, 6.07) is 8.16. The molecule has 0 spiro atoms. The van der Waals surface area contributed by atoms with Crippen LogP contribution in [0.4, 0.5) is 5.69 Å². The Morgan fingerprint density at radius 2 is 2.05 bits per heavy atom. The zero-order valence-corrected chi connectivity index (χ0v) is 15.3. The fraction of sp³-hybridized carbons (Fsp3) is 0.500. The van der Waals surface area contributed by atoms with Gasteiger partial charge >= 0.3 is 0 Å². The number of carbonyl (C=O) groups is 1. The van der Waals surface area contributed by atoms with Gasteiger partial charge in [0.1, 0.15) is 6.54 Å². The van der Waals surface area contributed by atoms with Crippen LogP contribution in [0.1, 0.15) is 37.7 Å². The first kappa shape index (κ1) is 18.7. The molecule has 5 nitrogen and oxygen atoms in total. The number of rotatable bonds is 4. The van der Waals surface area contributed by atoms with E-state index < -0.39 is 0 Å². The third-order valence-corrected chi connectivity index (χ3v) is 3.65. The van der Waals surface area contributed by atoms with Gasteiger partial charge in [0, 0.05) is 11.7 Å². The van der Waals surface area contributed by atoms with Crippen molar-refractivity contribution in [1.82, 2.24) is 5.32 Å². The van der Waals surface area contributed by atoms with Gasteiger partial charge in [-0.25, -0.2) is 4.99 Å². The first-order chi connectivity index (χ1) is 10.1. The largest absolute Gasteiger partial charge is 0.370 e. The lowest BCUT2D eigenvalue weighted by Crippen LogP contribution is -2.38. The molecule has 0 aliphatic heterocycles. The van der Waals surface area contributed by atoms with Gasteiger partial charge in [-0.15, -0.1) is 24.0 Å². The third kappa shape index (κ3) is 6.64. The van der Waals surface area contributed by atoms with Gasteiger partial charge in [-0.1, -0.05) is 31.4 Å². The van der Waals surface area contributed by atoms with E-state index in [0.717, 1.165) is 24.1 Å². The van der Waals surface area contributed by atoms with E-state index in [4.69, 9.17) is 5.73 Å². The summed E-state index contributed by atoms with van der Waals surface area (Å²) in [7, 11) is 0. The van der Waals surface area contributed by atoms with Gasteiger partial charge in [0.05, 0.1) is 0 Å². The second-order valence-electron chi connectivity index (χ2n) is 5.60. The van der Waals surface area contributed by atoms with Crippen molar-refractivity contribution >= 4 is 41.5 Å². The average Bonchev–Trinajstić information content (AvgIpc) is 2.46. The van der Waals surface area contributed by atoms with Crippen molar-refractivity contribution in [2.75, 3.05) is 11.9 Å². The lowest BCUT2D eigenvalue weighted by Gasteiger charge is -2.22. The van der Waals surface area contributed by atoms with Crippen LogP contribution in [0.15, 0.2) is 29.3 Å². The van der Waals surface area contributed by atoms with E-state index in [0.29, 0.717) is 6.04 Å². The average molecular weight is 416 g/mol. The third-order valence-electron chi connectivity index (χ3n) is 3.65. The molecule has 0 heterocycles. The number of anilines is 1. The van der Waals surface area contributed by atoms with Crippen LogP contribution in [0.3, 0.4) is 0 Å². The summed E-state index contributed by atoms with van der Waals surface area (Å²) in [6.45, 7) is 2.08. The highest BCUT2D eigenvalue weighted by Gasteiger charge is 2.15. The minimum atomic E-state index is -0.0594. The number of nitrogens with zero attached hydrogens (tertiary/aromatic N) is 1. The molecule has 0 aromatic heterocycles. The van der Waals surface area contributed by atoms with E-state index in [1.54, 1.807) is 0 Å². The Hall–Kier alpha value is -1.31. The molecule has 0 radical (unpaired) electrons. The molecule has 1 aliphatic rings. The Morgan fingerprint density at radius 3 is 2.73 bits per heavy atom. The van der Waals surface area contributed by atoms with Crippen LogP contribution in [-0.2, 0) is 4.79 Å². The topological polar surface area (TPSA) is 79.5 Å². The number of aliphatic imine (C=N–C) groups is 1. The van der Waals surface area contributed by atoms with E-state index in [9.17, 15) is 4.79 Å². The number of hydrogen-bond acceptors (Lipinski definition) is 2.